The Hall–Kier alpha value is -2.18. The number of aliphatic hydroxyl groups is 2. The SMILES string of the molecule is CCCC(O)C/C=C\C/C=C\C/C=C\C/C=C\CCCC(=O)OC[C@@H](O)COC(=O)CCCCCCCCCCCC(C)C. The fourth-order valence-corrected chi connectivity index (χ4v) is 4.63. The number of hydrogen-bond donors (Lipinski definition) is 2. The van der Waals surface area contributed by atoms with E-state index in [1.807, 2.05) is 0 Å². The largest absolute Gasteiger partial charge is 0.463 e. The van der Waals surface area contributed by atoms with Gasteiger partial charge in [0.15, 0.2) is 0 Å². The molecule has 0 fully saturated rings. The van der Waals surface area contributed by atoms with Gasteiger partial charge in [-0.2, -0.15) is 0 Å². The maximum Gasteiger partial charge on any atom is 0.305 e. The van der Waals surface area contributed by atoms with Crippen molar-refractivity contribution < 1.29 is 29.3 Å². The topological polar surface area (TPSA) is 93.1 Å². The number of hydrogen-bond acceptors (Lipinski definition) is 6. The summed E-state index contributed by atoms with van der Waals surface area (Å²) in [6.07, 6.45) is 35.2. The van der Waals surface area contributed by atoms with Crippen LogP contribution < -0.4 is 0 Å². The van der Waals surface area contributed by atoms with Gasteiger partial charge in [-0.3, -0.25) is 9.59 Å². The number of unbranched alkanes of at least 4 members (excludes halogenated alkanes) is 9. The maximum atomic E-state index is 11.9. The molecule has 0 aromatic heterocycles. The van der Waals surface area contributed by atoms with Crippen molar-refractivity contribution in [2.75, 3.05) is 13.2 Å². The Morgan fingerprint density at radius 1 is 0.568 bits per heavy atom. The van der Waals surface area contributed by atoms with E-state index < -0.39 is 6.10 Å². The highest BCUT2D eigenvalue weighted by molar-refractivity contribution is 5.69. The van der Waals surface area contributed by atoms with Gasteiger partial charge >= 0.3 is 11.9 Å². The van der Waals surface area contributed by atoms with Crippen LogP contribution >= 0.6 is 0 Å². The molecule has 0 aliphatic rings. The molecule has 0 aromatic carbocycles. The molecule has 0 rings (SSSR count). The van der Waals surface area contributed by atoms with Crippen LogP contribution in [0, 0.1) is 5.92 Å². The normalized spacial score (nSPS) is 13.6. The summed E-state index contributed by atoms with van der Waals surface area (Å²) in [7, 11) is 0. The van der Waals surface area contributed by atoms with E-state index in [9.17, 15) is 19.8 Å². The number of rotatable bonds is 30. The molecule has 0 saturated carbocycles. The number of carbonyl (C=O) groups excluding carboxylic acids is 2. The van der Waals surface area contributed by atoms with Crippen molar-refractivity contribution in [3.8, 4) is 0 Å². The molecular weight excluding hydrogens is 552 g/mol. The van der Waals surface area contributed by atoms with Crippen LogP contribution in [0.5, 0.6) is 0 Å². The first-order chi connectivity index (χ1) is 21.3. The van der Waals surface area contributed by atoms with Crippen molar-refractivity contribution in [2.24, 2.45) is 5.92 Å². The van der Waals surface area contributed by atoms with Crippen molar-refractivity contribution in [3.63, 3.8) is 0 Å². The van der Waals surface area contributed by atoms with Crippen molar-refractivity contribution in [2.45, 2.75) is 161 Å². The molecule has 0 radical (unpaired) electrons. The van der Waals surface area contributed by atoms with Crippen LogP contribution in [0.25, 0.3) is 0 Å². The van der Waals surface area contributed by atoms with E-state index >= 15 is 0 Å². The van der Waals surface area contributed by atoms with E-state index in [0.29, 0.717) is 19.3 Å². The van der Waals surface area contributed by atoms with Gasteiger partial charge in [0.2, 0.25) is 0 Å². The standard InChI is InChI=1S/C38H66O6/c1-4-27-35(39)29-24-20-16-12-8-6-5-7-9-13-17-21-25-30-37(41)43-32-36(40)33-44-38(42)31-26-22-18-14-10-11-15-19-23-28-34(2)3/h5,7-8,12-13,17,20,24,34-36,39-40H,4,6,9-11,14-16,18-19,21-23,25-33H2,1-3H3/b7-5-,12-8-,17-13-,24-20-/t35?,36-/m1/s1. The summed E-state index contributed by atoms with van der Waals surface area (Å²) in [5.74, 6) is 0.158. The van der Waals surface area contributed by atoms with E-state index in [4.69, 9.17) is 9.47 Å². The summed E-state index contributed by atoms with van der Waals surface area (Å²) < 4.78 is 10.2. The van der Waals surface area contributed by atoms with Crippen LogP contribution in [0.2, 0.25) is 0 Å². The molecule has 6 nitrogen and oxygen atoms in total. The van der Waals surface area contributed by atoms with E-state index in [1.165, 1.54) is 44.9 Å². The zero-order valence-corrected chi connectivity index (χ0v) is 28.4. The van der Waals surface area contributed by atoms with Crippen LogP contribution in [-0.4, -0.2) is 47.6 Å². The predicted molar refractivity (Wildman–Crippen MR) is 183 cm³/mol. The first kappa shape index (κ1) is 41.8. The molecule has 0 heterocycles. The lowest BCUT2D eigenvalue weighted by atomic mass is 10.0. The molecule has 0 spiro atoms. The highest BCUT2D eigenvalue weighted by Gasteiger charge is 2.12. The summed E-state index contributed by atoms with van der Waals surface area (Å²) >= 11 is 0. The molecular formula is C38H66O6. The zero-order valence-electron chi connectivity index (χ0n) is 28.4. The van der Waals surface area contributed by atoms with Gasteiger partial charge in [0, 0.05) is 12.8 Å². The van der Waals surface area contributed by atoms with E-state index in [-0.39, 0.29) is 31.3 Å². The lowest BCUT2D eigenvalue weighted by Gasteiger charge is -2.12. The summed E-state index contributed by atoms with van der Waals surface area (Å²) in [6, 6.07) is 0. The second-order valence-electron chi connectivity index (χ2n) is 12.3. The number of aliphatic hydroxyl groups excluding tert-OH is 2. The third-order valence-electron chi connectivity index (χ3n) is 7.30. The molecule has 1 unspecified atom stereocenters. The van der Waals surface area contributed by atoms with Crippen molar-refractivity contribution in [1.82, 2.24) is 0 Å². The molecule has 6 heteroatoms. The number of carbonyl (C=O) groups is 2. The molecule has 0 aromatic rings. The lowest BCUT2D eigenvalue weighted by molar-refractivity contribution is -0.152. The van der Waals surface area contributed by atoms with E-state index in [2.05, 4.69) is 69.4 Å². The summed E-state index contributed by atoms with van der Waals surface area (Å²) in [4.78, 5) is 23.8. The third kappa shape index (κ3) is 32.7. The second-order valence-corrected chi connectivity index (χ2v) is 12.3. The first-order valence-corrected chi connectivity index (χ1v) is 17.6. The molecule has 0 aliphatic carbocycles. The molecule has 44 heavy (non-hydrogen) atoms. The smallest absolute Gasteiger partial charge is 0.305 e. The van der Waals surface area contributed by atoms with Crippen LogP contribution in [0.3, 0.4) is 0 Å². The Kier molecular flexibility index (Phi) is 30.6. The van der Waals surface area contributed by atoms with E-state index in [0.717, 1.165) is 70.1 Å². The van der Waals surface area contributed by atoms with Crippen molar-refractivity contribution >= 4 is 11.9 Å². The molecule has 2 atom stereocenters. The Labute approximate surface area is 270 Å². The average Bonchev–Trinajstić information content (AvgIpc) is 2.99. The monoisotopic (exact) mass is 618 g/mol. The van der Waals surface area contributed by atoms with Gasteiger partial charge in [0.25, 0.3) is 0 Å². The summed E-state index contributed by atoms with van der Waals surface area (Å²) in [6.45, 7) is 6.35. The Bertz CT molecular complexity index is 782. The molecule has 0 saturated heterocycles. The van der Waals surface area contributed by atoms with Gasteiger partial charge in [0.1, 0.15) is 19.3 Å². The molecule has 2 N–H and O–H groups in total. The molecule has 0 bridgehead atoms. The van der Waals surface area contributed by atoms with Crippen molar-refractivity contribution in [1.29, 1.82) is 0 Å². The number of esters is 2. The van der Waals surface area contributed by atoms with Gasteiger partial charge in [-0.15, -0.1) is 0 Å². The quantitative estimate of drug-likeness (QED) is 0.0473. The molecule has 0 aliphatic heterocycles. The Balaban J connectivity index is 3.60. The van der Waals surface area contributed by atoms with Gasteiger partial charge in [0.05, 0.1) is 6.10 Å². The van der Waals surface area contributed by atoms with Crippen LogP contribution in [0.15, 0.2) is 48.6 Å². The Morgan fingerprint density at radius 2 is 1.02 bits per heavy atom. The zero-order chi connectivity index (χ0) is 32.5. The number of ether oxygens (including phenoxy) is 2. The highest BCUT2D eigenvalue weighted by Crippen LogP contribution is 2.13. The van der Waals surface area contributed by atoms with Crippen LogP contribution in [0.4, 0.5) is 0 Å². The fourth-order valence-electron chi connectivity index (χ4n) is 4.63. The minimum Gasteiger partial charge on any atom is -0.463 e. The summed E-state index contributed by atoms with van der Waals surface area (Å²) in [5, 5.41) is 19.6. The molecule has 0 amide bonds. The maximum absolute atomic E-state index is 11.9. The minimum atomic E-state index is -0.994. The van der Waals surface area contributed by atoms with Gasteiger partial charge < -0.3 is 19.7 Å². The predicted octanol–water partition coefficient (Wildman–Crippen LogP) is 9.50. The van der Waals surface area contributed by atoms with Gasteiger partial charge in [-0.05, 0) is 57.3 Å². The van der Waals surface area contributed by atoms with Gasteiger partial charge in [-0.1, -0.05) is 134 Å². The highest BCUT2D eigenvalue weighted by atomic mass is 16.6. The van der Waals surface area contributed by atoms with Crippen LogP contribution in [-0.2, 0) is 19.1 Å². The van der Waals surface area contributed by atoms with Crippen molar-refractivity contribution in [3.05, 3.63) is 48.6 Å². The minimum absolute atomic E-state index is 0.143. The molecule has 254 valence electrons. The third-order valence-corrected chi connectivity index (χ3v) is 7.30. The van der Waals surface area contributed by atoms with E-state index in [1.54, 1.807) is 0 Å². The van der Waals surface area contributed by atoms with Gasteiger partial charge in [-0.25, -0.2) is 0 Å². The van der Waals surface area contributed by atoms with Crippen LogP contribution in [0.1, 0.15) is 149 Å². The fraction of sp³-hybridized carbons (Fsp3) is 0.737. The average molecular weight is 619 g/mol. The second kappa shape index (κ2) is 32.2. The lowest BCUT2D eigenvalue weighted by Crippen LogP contribution is -2.25. The Morgan fingerprint density at radius 3 is 1.55 bits per heavy atom. The first-order valence-electron chi connectivity index (χ1n) is 17.6. The summed E-state index contributed by atoms with van der Waals surface area (Å²) in [5.41, 5.74) is 0. The number of allylic oxidation sites excluding steroid dienone is 7.